The van der Waals surface area contributed by atoms with E-state index < -0.39 is 0 Å². The van der Waals surface area contributed by atoms with E-state index in [0.29, 0.717) is 18.7 Å². The normalized spacial score (nSPS) is 14.9. The summed E-state index contributed by atoms with van der Waals surface area (Å²) in [5.74, 6) is 0.287. The lowest BCUT2D eigenvalue weighted by atomic mass is 10.0. The smallest absolute Gasteiger partial charge is 0.249 e. The van der Waals surface area contributed by atoms with Gasteiger partial charge in [-0.05, 0) is 23.3 Å². The van der Waals surface area contributed by atoms with Crippen LogP contribution in [0.2, 0.25) is 0 Å². The second-order valence-corrected chi connectivity index (χ2v) is 6.07. The van der Waals surface area contributed by atoms with Crippen molar-refractivity contribution in [3.63, 3.8) is 0 Å². The maximum absolute atomic E-state index is 11.0. The molecule has 1 aliphatic rings. The van der Waals surface area contributed by atoms with Crippen molar-refractivity contribution in [1.82, 2.24) is 14.8 Å². The molecule has 1 aromatic heterocycles. The summed E-state index contributed by atoms with van der Waals surface area (Å²) < 4.78 is 1.75. The average Bonchev–Trinajstić information content (AvgIpc) is 3.22. The maximum atomic E-state index is 11.0. The first-order valence-corrected chi connectivity index (χ1v) is 8.54. The second-order valence-electron chi connectivity index (χ2n) is 6.07. The molecule has 9 nitrogen and oxygen atoms in total. The van der Waals surface area contributed by atoms with Gasteiger partial charge in [0, 0.05) is 24.8 Å². The third-order valence-corrected chi connectivity index (χ3v) is 4.08. The van der Waals surface area contributed by atoms with Gasteiger partial charge in [-0.25, -0.2) is 29.9 Å². The Bertz CT molecular complexity index is 1100. The van der Waals surface area contributed by atoms with E-state index in [1.54, 1.807) is 29.4 Å². The molecule has 2 aromatic carbocycles. The first-order valence-electron chi connectivity index (χ1n) is 8.54. The maximum Gasteiger partial charge on any atom is 0.318 e. The van der Waals surface area contributed by atoms with Crippen LogP contribution in [0.1, 0.15) is 17.5 Å². The van der Waals surface area contributed by atoms with Crippen LogP contribution in [-0.4, -0.2) is 42.8 Å². The highest BCUT2D eigenvalue weighted by Crippen LogP contribution is 2.20. The van der Waals surface area contributed by atoms with Crippen LogP contribution in [0.3, 0.4) is 0 Å². The predicted octanol–water partition coefficient (Wildman–Crippen LogP) is 3.08. The van der Waals surface area contributed by atoms with Crippen LogP contribution in [0.4, 0.5) is 11.4 Å². The lowest BCUT2D eigenvalue weighted by molar-refractivity contribution is -0.729. The van der Waals surface area contributed by atoms with E-state index in [1.807, 2.05) is 18.2 Å². The molecular formula is C19H16N7O2+. The van der Waals surface area contributed by atoms with Crippen molar-refractivity contribution in [3.05, 3.63) is 77.2 Å². The summed E-state index contributed by atoms with van der Waals surface area (Å²) >= 11 is 0. The minimum Gasteiger partial charge on any atom is -0.249 e. The summed E-state index contributed by atoms with van der Waals surface area (Å²) in [6.45, 7) is 0.621. The highest BCUT2D eigenvalue weighted by atomic mass is 16.6. The number of benzene rings is 2. The van der Waals surface area contributed by atoms with Gasteiger partial charge in [0.25, 0.3) is 4.92 Å². The number of aliphatic imine (C=N–C) groups is 3. The molecule has 1 N–H and O–H groups in total. The summed E-state index contributed by atoms with van der Waals surface area (Å²) in [6.07, 6.45) is 5.52. The van der Waals surface area contributed by atoms with Crippen molar-refractivity contribution in [3.8, 4) is 0 Å². The fourth-order valence-corrected chi connectivity index (χ4v) is 2.79. The number of hydrogen-bond donors (Lipinski definition) is 1. The van der Waals surface area contributed by atoms with E-state index in [1.165, 1.54) is 18.5 Å². The first kappa shape index (κ1) is 17.4. The zero-order valence-corrected chi connectivity index (χ0v) is 14.8. The molecule has 0 unspecified atom stereocenters. The molecule has 0 fully saturated rings. The quantitative estimate of drug-likeness (QED) is 0.692. The Kier molecular flexibility index (Phi) is 4.79. The van der Waals surface area contributed by atoms with Gasteiger partial charge in [-0.15, -0.1) is 0 Å². The molecule has 0 saturated heterocycles. The molecule has 0 atom stereocenters. The SMILES string of the molecule is O=[N+](O)c1cccc(/N=C2/N=CCC(c3cccc(Cn4cncn4)c3)=N2)c1. The standard InChI is InChI=1S/C19H16N7O2/c27-26(28)17-6-2-5-16(10-17)23-19-21-8-7-18(24-19)15-4-1-3-14(9-15)11-25-13-20-12-22-25/h1-6,8-10,12-13H,7,11H2,(H,27,28)/q+1/b23-19-. The topological polar surface area (TPSA) is 108 Å². The summed E-state index contributed by atoms with van der Waals surface area (Å²) in [5, 5.41) is 13.1. The van der Waals surface area contributed by atoms with Crippen molar-refractivity contribution < 1.29 is 10.1 Å². The third-order valence-electron chi connectivity index (χ3n) is 4.08. The molecule has 0 spiro atoms. The van der Waals surface area contributed by atoms with Gasteiger partial charge >= 0.3 is 5.69 Å². The lowest BCUT2D eigenvalue weighted by Gasteiger charge is -2.10. The van der Waals surface area contributed by atoms with Gasteiger partial charge in [0.2, 0.25) is 5.96 Å². The minimum atomic E-state index is -0.205. The van der Waals surface area contributed by atoms with Crippen molar-refractivity contribution in [2.45, 2.75) is 13.0 Å². The van der Waals surface area contributed by atoms with Crippen molar-refractivity contribution >= 4 is 29.3 Å². The largest absolute Gasteiger partial charge is 0.318 e. The van der Waals surface area contributed by atoms with Crippen LogP contribution in [0, 0.1) is 4.91 Å². The molecule has 0 radical (unpaired) electrons. The number of aromatic nitrogens is 3. The molecule has 1 aliphatic heterocycles. The number of hydrogen-bond acceptors (Lipinski definition) is 4. The van der Waals surface area contributed by atoms with Crippen LogP contribution in [0.15, 0.2) is 76.2 Å². The van der Waals surface area contributed by atoms with Gasteiger partial charge in [-0.1, -0.05) is 24.3 Å². The van der Waals surface area contributed by atoms with Crippen LogP contribution >= 0.6 is 0 Å². The molecule has 3 aromatic rings. The molecule has 9 heteroatoms. The van der Waals surface area contributed by atoms with Crippen LogP contribution in [-0.2, 0) is 6.54 Å². The fourth-order valence-electron chi connectivity index (χ4n) is 2.79. The Balaban J connectivity index is 1.60. The monoisotopic (exact) mass is 374 g/mol. The molecule has 138 valence electrons. The van der Waals surface area contributed by atoms with E-state index in [-0.39, 0.29) is 16.6 Å². The van der Waals surface area contributed by atoms with Crippen LogP contribution < -0.4 is 0 Å². The number of guanidine groups is 1. The molecule has 0 aliphatic carbocycles. The fraction of sp³-hybridized carbons (Fsp3) is 0.105. The van der Waals surface area contributed by atoms with E-state index in [4.69, 9.17) is 5.21 Å². The summed E-state index contributed by atoms with van der Waals surface area (Å²) in [4.78, 5) is 27.9. The zero-order chi connectivity index (χ0) is 19.3. The van der Waals surface area contributed by atoms with Gasteiger partial charge in [0.05, 0.1) is 22.9 Å². The van der Waals surface area contributed by atoms with Gasteiger partial charge in [-0.2, -0.15) is 5.10 Å². The Morgan fingerprint density at radius 1 is 1.18 bits per heavy atom. The number of rotatable bonds is 5. The van der Waals surface area contributed by atoms with Gasteiger partial charge < -0.3 is 0 Å². The summed E-state index contributed by atoms with van der Waals surface area (Å²) in [6, 6.07) is 14.3. The van der Waals surface area contributed by atoms with E-state index in [9.17, 15) is 4.91 Å². The Morgan fingerprint density at radius 3 is 2.89 bits per heavy atom. The molecule has 0 saturated carbocycles. The van der Waals surface area contributed by atoms with Gasteiger partial charge in [0.1, 0.15) is 12.7 Å². The summed E-state index contributed by atoms with van der Waals surface area (Å²) in [5.41, 5.74) is 3.47. The number of nitrogens with zero attached hydrogens (tertiary/aromatic N) is 7. The first-order chi connectivity index (χ1) is 13.7. The van der Waals surface area contributed by atoms with Crippen molar-refractivity contribution in [1.29, 1.82) is 0 Å². The van der Waals surface area contributed by atoms with Gasteiger partial charge in [0.15, 0.2) is 0 Å². The molecule has 4 rings (SSSR count). The minimum absolute atomic E-state index is 0.0895. The molecule has 0 bridgehead atoms. The Hall–Kier alpha value is -4.01. The molecule has 0 amide bonds. The molecular weight excluding hydrogens is 358 g/mol. The lowest BCUT2D eigenvalue weighted by Crippen LogP contribution is -2.11. The Labute approximate surface area is 160 Å². The highest BCUT2D eigenvalue weighted by molar-refractivity contribution is 6.16. The Morgan fingerprint density at radius 2 is 2.07 bits per heavy atom. The average molecular weight is 374 g/mol. The van der Waals surface area contributed by atoms with Crippen LogP contribution in [0.25, 0.3) is 0 Å². The third kappa shape index (κ3) is 4.04. The highest BCUT2D eigenvalue weighted by Gasteiger charge is 2.13. The molecule has 2 heterocycles. The van der Waals surface area contributed by atoms with E-state index >= 15 is 0 Å². The van der Waals surface area contributed by atoms with Gasteiger partial charge in [-0.3, -0.25) is 0 Å². The summed E-state index contributed by atoms with van der Waals surface area (Å²) in [7, 11) is 0. The predicted molar refractivity (Wildman–Crippen MR) is 104 cm³/mol. The van der Waals surface area contributed by atoms with E-state index in [0.717, 1.165) is 16.8 Å². The molecule has 28 heavy (non-hydrogen) atoms. The van der Waals surface area contributed by atoms with Crippen molar-refractivity contribution in [2.75, 3.05) is 0 Å². The van der Waals surface area contributed by atoms with Crippen molar-refractivity contribution in [2.24, 2.45) is 15.0 Å². The van der Waals surface area contributed by atoms with Crippen LogP contribution in [0.5, 0.6) is 0 Å². The zero-order valence-electron chi connectivity index (χ0n) is 14.8. The van der Waals surface area contributed by atoms with E-state index in [2.05, 4.69) is 31.1 Å². The second kappa shape index (κ2) is 7.70.